The largest absolute Gasteiger partial charge is 0.372 e. The molecule has 2 N–H and O–H groups in total. The molecule has 3 aromatic carbocycles. The summed E-state index contributed by atoms with van der Waals surface area (Å²) in [5, 5.41) is 6.57. The van der Waals surface area contributed by atoms with Gasteiger partial charge in [0.2, 0.25) is 11.3 Å². The summed E-state index contributed by atoms with van der Waals surface area (Å²) in [5.41, 5.74) is 4.17. The maximum atomic E-state index is 14.1. The Morgan fingerprint density at radius 3 is 2.33 bits per heavy atom. The number of nitrogens with one attached hydrogen (secondary N) is 2. The van der Waals surface area contributed by atoms with Crippen LogP contribution in [0.3, 0.4) is 0 Å². The molecule has 39 heavy (non-hydrogen) atoms. The van der Waals surface area contributed by atoms with E-state index in [1.165, 1.54) is 6.92 Å². The molecule has 1 aliphatic carbocycles. The average Bonchev–Trinajstić information content (AvgIpc) is 2.93. The fourth-order valence-corrected chi connectivity index (χ4v) is 5.24. The number of carbonyl (C=O) groups is 2. The summed E-state index contributed by atoms with van der Waals surface area (Å²) in [6, 6.07) is 20.2. The lowest BCUT2D eigenvalue weighted by Gasteiger charge is -2.25. The molecule has 1 aliphatic heterocycles. The predicted octanol–water partition coefficient (Wildman–Crippen LogP) is 5.73. The Bertz CT molecular complexity index is 1740. The van der Waals surface area contributed by atoms with Crippen molar-refractivity contribution in [3.05, 3.63) is 82.5 Å². The Kier molecular flexibility index (Phi) is 7.02. The zero-order chi connectivity index (χ0) is 27.7. The quantitative estimate of drug-likeness (QED) is 0.211. The molecule has 0 spiro atoms. The van der Waals surface area contributed by atoms with Crippen molar-refractivity contribution < 1.29 is 9.59 Å². The minimum atomic E-state index is -0.508. The van der Waals surface area contributed by atoms with Gasteiger partial charge < -0.3 is 20.1 Å². The van der Waals surface area contributed by atoms with E-state index in [-0.39, 0.29) is 11.5 Å². The third-order valence-corrected chi connectivity index (χ3v) is 7.00. The molecule has 0 unspecified atom stereocenters. The van der Waals surface area contributed by atoms with Crippen molar-refractivity contribution in [2.24, 2.45) is 0 Å². The van der Waals surface area contributed by atoms with E-state index in [0.29, 0.717) is 40.1 Å². The van der Waals surface area contributed by atoms with E-state index < -0.39 is 11.3 Å². The van der Waals surface area contributed by atoms with Crippen LogP contribution in [0.5, 0.6) is 0 Å². The van der Waals surface area contributed by atoms with Gasteiger partial charge in [-0.2, -0.15) is 0 Å². The highest BCUT2D eigenvalue weighted by Gasteiger charge is 2.29. The summed E-state index contributed by atoms with van der Waals surface area (Å²) < 4.78 is 1.98. The lowest BCUT2D eigenvalue weighted by atomic mass is 9.95. The summed E-state index contributed by atoms with van der Waals surface area (Å²) in [6.45, 7) is 9.79. The van der Waals surface area contributed by atoms with Crippen LogP contribution in [0.1, 0.15) is 38.1 Å². The van der Waals surface area contributed by atoms with Crippen molar-refractivity contribution >= 4 is 50.7 Å². The maximum absolute atomic E-state index is 14.1. The zero-order valence-corrected chi connectivity index (χ0v) is 22.5. The van der Waals surface area contributed by atoms with Gasteiger partial charge in [0.05, 0.1) is 28.1 Å². The van der Waals surface area contributed by atoms with E-state index >= 15 is 0 Å². The number of anilines is 3. The third kappa shape index (κ3) is 4.58. The van der Waals surface area contributed by atoms with Gasteiger partial charge in [-0.1, -0.05) is 30.3 Å². The van der Waals surface area contributed by atoms with Crippen molar-refractivity contribution in [3.8, 4) is 11.4 Å². The zero-order valence-electron chi connectivity index (χ0n) is 22.5. The maximum Gasteiger partial charge on any atom is 0.261 e. The van der Waals surface area contributed by atoms with Gasteiger partial charge in [0.25, 0.3) is 5.91 Å². The molecule has 2 amide bonds. The lowest BCUT2D eigenvalue weighted by Crippen LogP contribution is -2.27. The first-order valence-electron chi connectivity index (χ1n) is 13.2. The number of rotatable bonds is 7. The average molecular weight is 522 g/mol. The van der Waals surface area contributed by atoms with Crippen LogP contribution < -0.4 is 21.0 Å². The fraction of sp³-hybridized carbons (Fsp3) is 0.226. The molecule has 8 nitrogen and oxygen atoms in total. The Morgan fingerprint density at radius 1 is 0.923 bits per heavy atom. The van der Waals surface area contributed by atoms with Crippen molar-refractivity contribution in [1.29, 1.82) is 0 Å². The molecule has 0 fully saturated rings. The van der Waals surface area contributed by atoms with Crippen molar-refractivity contribution in [2.75, 3.05) is 28.6 Å². The summed E-state index contributed by atoms with van der Waals surface area (Å²) in [5.74, 6) is -0.770. The number of amides is 2. The highest BCUT2D eigenvalue weighted by atomic mass is 16.2. The summed E-state index contributed by atoms with van der Waals surface area (Å²) >= 11 is 0. The molecule has 0 saturated carbocycles. The van der Waals surface area contributed by atoms with Gasteiger partial charge in [-0.15, -0.1) is 0 Å². The van der Waals surface area contributed by atoms with Crippen LogP contribution in [0, 0.1) is 0 Å². The van der Waals surface area contributed by atoms with Gasteiger partial charge >= 0.3 is 0 Å². The lowest BCUT2D eigenvalue weighted by molar-refractivity contribution is -0.114. The van der Waals surface area contributed by atoms with Crippen molar-refractivity contribution in [2.45, 2.75) is 34.2 Å². The number of aromatic nitrogens is 2. The second-order valence-corrected chi connectivity index (χ2v) is 9.33. The van der Waals surface area contributed by atoms with Crippen molar-refractivity contribution in [3.63, 3.8) is 0 Å². The van der Waals surface area contributed by atoms with E-state index in [2.05, 4.69) is 35.4 Å². The molecule has 198 valence electrons. The Labute approximate surface area is 226 Å². The van der Waals surface area contributed by atoms with Gasteiger partial charge in [0.15, 0.2) is 0 Å². The summed E-state index contributed by atoms with van der Waals surface area (Å²) in [7, 11) is 0. The van der Waals surface area contributed by atoms with Crippen LogP contribution in [0.2, 0.25) is 0 Å². The molecule has 0 atom stereocenters. The van der Waals surface area contributed by atoms with Gasteiger partial charge in [0, 0.05) is 48.7 Å². The van der Waals surface area contributed by atoms with E-state index in [1.807, 2.05) is 41.8 Å². The van der Waals surface area contributed by atoms with Crippen LogP contribution in [0.15, 0.2) is 71.5 Å². The molecule has 3 aromatic rings. The SMILES string of the molecule is CCN(CC)c1ccc2nc3c4c(NC(C)=O)cccc4c(=O)c(C(=O)Nc4ccccc4)c-3n(CC)c2c1. The van der Waals surface area contributed by atoms with Crippen LogP contribution in [0.4, 0.5) is 17.1 Å². The molecule has 8 heteroatoms. The topological polar surface area (TPSA) is 96.3 Å². The molecule has 0 saturated heterocycles. The van der Waals surface area contributed by atoms with Crippen molar-refractivity contribution in [1.82, 2.24) is 9.55 Å². The fourth-order valence-electron chi connectivity index (χ4n) is 5.24. The second-order valence-electron chi connectivity index (χ2n) is 9.33. The van der Waals surface area contributed by atoms with Gasteiger partial charge in [-0.05, 0) is 57.2 Å². The van der Waals surface area contributed by atoms with Crippen LogP contribution in [-0.2, 0) is 11.3 Å². The number of nitrogens with zero attached hydrogens (tertiary/aromatic N) is 3. The second kappa shape index (κ2) is 10.6. The first-order valence-corrected chi connectivity index (χ1v) is 13.2. The Morgan fingerprint density at radius 2 is 1.67 bits per heavy atom. The Balaban J connectivity index is 1.92. The van der Waals surface area contributed by atoms with E-state index in [9.17, 15) is 14.4 Å². The molecule has 0 bridgehead atoms. The molecular weight excluding hydrogens is 490 g/mol. The smallest absolute Gasteiger partial charge is 0.261 e. The molecule has 2 aliphatic rings. The van der Waals surface area contributed by atoms with Gasteiger partial charge in [-0.25, -0.2) is 4.98 Å². The summed E-state index contributed by atoms with van der Waals surface area (Å²) in [4.78, 5) is 47.2. The number of hydrogen-bond donors (Lipinski definition) is 2. The molecular formula is C31H31N5O3. The third-order valence-electron chi connectivity index (χ3n) is 7.00. The normalized spacial score (nSPS) is 11.2. The highest BCUT2D eigenvalue weighted by molar-refractivity contribution is 6.17. The number of fused-ring (bicyclic) bond motifs is 4. The molecule has 0 aromatic heterocycles. The van der Waals surface area contributed by atoms with E-state index in [1.54, 1.807) is 30.3 Å². The van der Waals surface area contributed by atoms with E-state index in [0.717, 1.165) is 29.8 Å². The minimum absolute atomic E-state index is 0.0193. The number of aryl methyl sites for hydroxylation is 1. The molecule has 1 heterocycles. The Hall–Kier alpha value is -4.72. The molecule has 0 radical (unpaired) electrons. The number of carbonyl (C=O) groups excluding carboxylic acids is 2. The molecule has 5 rings (SSSR count). The van der Waals surface area contributed by atoms with Crippen LogP contribution >= 0.6 is 0 Å². The van der Waals surface area contributed by atoms with Crippen LogP contribution in [0.25, 0.3) is 33.2 Å². The van der Waals surface area contributed by atoms with Gasteiger partial charge in [0.1, 0.15) is 5.56 Å². The number of para-hydroxylation sites is 1. The minimum Gasteiger partial charge on any atom is -0.372 e. The monoisotopic (exact) mass is 521 g/mol. The van der Waals surface area contributed by atoms with Gasteiger partial charge in [-0.3, -0.25) is 14.4 Å². The summed E-state index contributed by atoms with van der Waals surface area (Å²) in [6.07, 6.45) is 0. The van der Waals surface area contributed by atoms with Crippen LogP contribution in [-0.4, -0.2) is 34.5 Å². The predicted molar refractivity (Wildman–Crippen MR) is 158 cm³/mol. The number of hydrogen-bond acceptors (Lipinski definition) is 5. The standard InChI is InChI=1S/C31H31N5O3/c1-5-35(6-2)21-16-17-23-25(18-21)36(7-3)29-27(31(39)33-20-12-9-8-10-13-20)30(38)22-14-11-15-24(32-19(4)37)26(22)28(29)34-23/h8-18H,5-7H2,1-4H3,(H,32,37)(H,33,39). The highest BCUT2D eigenvalue weighted by Crippen LogP contribution is 2.38. The number of benzene rings is 4. The first-order chi connectivity index (χ1) is 18.9. The first kappa shape index (κ1) is 25.9. The van der Waals surface area contributed by atoms with E-state index in [4.69, 9.17) is 4.98 Å².